The lowest BCUT2D eigenvalue weighted by molar-refractivity contribution is 0.0237. The van der Waals surface area contributed by atoms with Crippen molar-refractivity contribution in [2.45, 2.75) is 57.2 Å². The van der Waals surface area contributed by atoms with Crippen LogP contribution in [0.1, 0.15) is 56.3 Å². The largest absolute Gasteiger partial charge is 0.300 e. The topological polar surface area (TPSA) is 15.3 Å². The molecule has 2 heteroatoms. The number of benzene rings is 2. The molecule has 1 saturated heterocycles. The molecule has 1 aliphatic heterocycles. The Morgan fingerprint density at radius 1 is 0.960 bits per heavy atom. The molecule has 0 saturated carbocycles. The van der Waals surface area contributed by atoms with E-state index >= 15 is 0 Å². The molecule has 0 radical (unpaired) electrons. The van der Waals surface area contributed by atoms with Crippen molar-refractivity contribution < 1.29 is 0 Å². The Morgan fingerprint density at radius 3 is 2.48 bits per heavy atom. The summed E-state index contributed by atoms with van der Waals surface area (Å²) in [5.41, 5.74) is 4.66. The van der Waals surface area contributed by atoms with Crippen LogP contribution in [-0.4, -0.2) is 23.5 Å². The molecule has 0 unspecified atom stereocenters. The van der Waals surface area contributed by atoms with Crippen molar-refractivity contribution in [3.05, 3.63) is 71.3 Å². The lowest BCUT2D eigenvalue weighted by atomic mass is 9.72. The number of piperazine rings is 1. The Labute approximate surface area is 152 Å². The van der Waals surface area contributed by atoms with E-state index in [4.69, 9.17) is 0 Å². The van der Waals surface area contributed by atoms with E-state index < -0.39 is 0 Å². The van der Waals surface area contributed by atoms with Crippen LogP contribution < -0.4 is 5.32 Å². The van der Waals surface area contributed by atoms with Crippen LogP contribution in [0.25, 0.3) is 0 Å². The van der Waals surface area contributed by atoms with E-state index in [2.05, 4.69) is 85.6 Å². The first kappa shape index (κ1) is 16.8. The monoisotopic (exact) mass is 334 g/mol. The Kier molecular flexibility index (Phi) is 4.21. The van der Waals surface area contributed by atoms with Crippen molar-refractivity contribution in [2.24, 2.45) is 0 Å². The highest BCUT2D eigenvalue weighted by Crippen LogP contribution is 2.41. The van der Waals surface area contributed by atoms with Crippen molar-refractivity contribution in [1.29, 1.82) is 0 Å². The maximum atomic E-state index is 4.06. The molecule has 1 fully saturated rings. The van der Waals surface area contributed by atoms with Crippen LogP contribution in [0.4, 0.5) is 0 Å². The van der Waals surface area contributed by atoms with Gasteiger partial charge in [0.05, 0.1) is 5.54 Å². The maximum absolute atomic E-state index is 4.06. The molecular formula is C23H30N2. The molecule has 1 N–H and O–H groups in total. The van der Waals surface area contributed by atoms with Gasteiger partial charge < -0.3 is 0 Å². The highest BCUT2D eigenvalue weighted by Gasteiger charge is 2.46. The zero-order chi connectivity index (χ0) is 17.5. The number of aryl methyl sites for hydroxylation is 1. The fourth-order valence-electron chi connectivity index (χ4n) is 5.07. The van der Waals surface area contributed by atoms with Crippen LogP contribution in [0, 0.1) is 0 Å². The molecule has 1 spiro atoms. The first-order chi connectivity index (χ1) is 12.0. The SMILES string of the molecule is C[C@@H](c1ccccc1)N1CC(C)(C)N[C@]2(CCCc3ccccc32)C1. The number of fused-ring (bicyclic) bond motifs is 2. The van der Waals surface area contributed by atoms with Gasteiger partial charge in [-0.05, 0) is 56.7 Å². The number of nitrogens with one attached hydrogen (secondary N) is 1. The van der Waals surface area contributed by atoms with E-state index in [0.717, 1.165) is 13.1 Å². The molecule has 0 aromatic heterocycles. The van der Waals surface area contributed by atoms with Crippen molar-refractivity contribution in [3.8, 4) is 0 Å². The Bertz CT molecular complexity index is 737. The highest BCUT2D eigenvalue weighted by molar-refractivity contribution is 5.38. The molecule has 132 valence electrons. The lowest BCUT2D eigenvalue weighted by Gasteiger charge is -2.55. The van der Waals surface area contributed by atoms with E-state index in [9.17, 15) is 0 Å². The van der Waals surface area contributed by atoms with Crippen LogP contribution in [-0.2, 0) is 12.0 Å². The summed E-state index contributed by atoms with van der Waals surface area (Å²) < 4.78 is 0. The number of nitrogens with zero attached hydrogens (tertiary/aromatic N) is 1. The van der Waals surface area contributed by atoms with Crippen LogP contribution in [0.3, 0.4) is 0 Å². The Balaban J connectivity index is 1.71. The molecule has 0 amide bonds. The molecule has 1 heterocycles. The minimum atomic E-state index is 0.0830. The van der Waals surface area contributed by atoms with Gasteiger partial charge in [0.25, 0.3) is 0 Å². The molecule has 2 aliphatic rings. The van der Waals surface area contributed by atoms with Crippen molar-refractivity contribution in [2.75, 3.05) is 13.1 Å². The molecule has 1 aliphatic carbocycles. The number of rotatable bonds is 2. The van der Waals surface area contributed by atoms with Crippen LogP contribution in [0.15, 0.2) is 54.6 Å². The predicted octanol–water partition coefficient (Wildman–Crippen LogP) is 4.66. The molecular weight excluding hydrogens is 304 g/mol. The Morgan fingerprint density at radius 2 is 1.68 bits per heavy atom. The van der Waals surface area contributed by atoms with Gasteiger partial charge in [-0.3, -0.25) is 10.2 Å². The average molecular weight is 335 g/mol. The minimum absolute atomic E-state index is 0.0830. The van der Waals surface area contributed by atoms with Gasteiger partial charge in [-0.2, -0.15) is 0 Å². The van der Waals surface area contributed by atoms with Crippen molar-refractivity contribution in [3.63, 3.8) is 0 Å². The summed E-state index contributed by atoms with van der Waals surface area (Å²) in [6.07, 6.45) is 3.72. The fraction of sp³-hybridized carbons (Fsp3) is 0.478. The molecule has 4 rings (SSSR count). The molecule has 2 atom stereocenters. The van der Waals surface area contributed by atoms with E-state index in [1.165, 1.54) is 36.0 Å². The average Bonchev–Trinajstić information content (AvgIpc) is 2.61. The second kappa shape index (κ2) is 6.26. The summed E-state index contributed by atoms with van der Waals surface area (Å²) >= 11 is 0. The number of hydrogen-bond donors (Lipinski definition) is 1. The van der Waals surface area contributed by atoms with Gasteiger partial charge in [-0.25, -0.2) is 0 Å². The summed E-state index contributed by atoms with van der Waals surface area (Å²) in [5, 5.41) is 4.06. The van der Waals surface area contributed by atoms with Crippen molar-refractivity contribution >= 4 is 0 Å². The van der Waals surface area contributed by atoms with E-state index in [0.29, 0.717) is 6.04 Å². The third-order valence-electron chi connectivity index (χ3n) is 6.06. The molecule has 25 heavy (non-hydrogen) atoms. The van der Waals surface area contributed by atoms with Gasteiger partial charge in [-0.15, -0.1) is 0 Å². The highest BCUT2D eigenvalue weighted by atomic mass is 15.3. The summed E-state index contributed by atoms with van der Waals surface area (Å²) in [7, 11) is 0. The van der Waals surface area contributed by atoms with E-state index in [-0.39, 0.29) is 11.1 Å². The summed E-state index contributed by atoms with van der Waals surface area (Å²) in [6.45, 7) is 9.24. The lowest BCUT2D eigenvalue weighted by Crippen LogP contribution is -2.68. The standard InChI is InChI=1S/C23H30N2/c1-18(19-10-5-4-6-11-19)25-16-22(2,3)24-23(17-25)15-9-13-20-12-7-8-14-21(20)23/h4-8,10-12,14,18,24H,9,13,15-17H2,1-3H3/t18-,23+/m0/s1. The number of hydrogen-bond acceptors (Lipinski definition) is 2. The van der Waals surface area contributed by atoms with Gasteiger partial charge in [0.2, 0.25) is 0 Å². The van der Waals surface area contributed by atoms with Gasteiger partial charge in [0.1, 0.15) is 0 Å². The summed E-state index contributed by atoms with van der Waals surface area (Å²) in [5.74, 6) is 0. The minimum Gasteiger partial charge on any atom is -0.300 e. The molecule has 2 aromatic carbocycles. The van der Waals surface area contributed by atoms with Crippen LogP contribution >= 0.6 is 0 Å². The van der Waals surface area contributed by atoms with Crippen LogP contribution in [0.2, 0.25) is 0 Å². The van der Waals surface area contributed by atoms with E-state index in [1.54, 1.807) is 0 Å². The first-order valence-corrected chi connectivity index (χ1v) is 9.66. The maximum Gasteiger partial charge on any atom is 0.0571 e. The Hall–Kier alpha value is -1.64. The smallest absolute Gasteiger partial charge is 0.0571 e. The van der Waals surface area contributed by atoms with Gasteiger partial charge in [-0.1, -0.05) is 54.6 Å². The van der Waals surface area contributed by atoms with Gasteiger partial charge >= 0.3 is 0 Å². The summed E-state index contributed by atoms with van der Waals surface area (Å²) in [4.78, 5) is 2.69. The second-order valence-electron chi connectivity index (χ2n) is 8.59. The second-order valence-corrected chi connectivity index (χ2v) is 8.59. The third-order valence-corrected chi connectivity index (χ3v) is 6.06. The molecule has 0 bridgehead atoms. The molecule has 2 nitrogen and oxygen atoms in total. The zero-order valence-electron chi connectivity index (χ0n) is 15.8. The van der Waals surface area contributed by atoms with Gasteiger partial charge in [0, 0.05) is 24.7 Å². The quantitative estimate of drug-likeness (QED) is 0.859. The third kappa shape index (κ3) is 3.14. The summed E-state index contributed by atoms with van der Waals surface area (Å²) in [6, 6.07) is 20.5. The zero-order valence-corrected chi connectivity index (χ0v) is 15.8. The predicted molar refractivity (Wildman–Crippen MR) is 105 cm³/mol. The first-order valence-electron chi connectivity index (χ1n) is 9.66. The fourth-order valence-corrected chi connectivity index (χ4v) is 5.07. The van der Waals surface area contributed by atoms with Crippen LogP contribution in [0.5, 0.6) is 0 Å². The van der Waals surface area contributed by atoms with Crippen molar-refractivity contribution in [1.82, 2.24) is 10.2 Å². The van der Waals surface area contributed by atoms with E-state index in [1.807, 2.05) is 0 Å². The van der Waals surface area contributed by atoms with Gasteiger partial charge in [0.15, 0.2) is 0 Å². The normalized spacial score (nSPS) is 27.0. The molecule has 2 aromatic rings.